The summed E-state index contributed by atoms with van der Waals surface area (Å²) in [6, 6.07) is 26.4. The molecule has 0 saturated carbocycles. The summed E-state index contributed by atoms with van der Waals surface area (Å²) in [5.74, 6) is 0. The summed E-state index contributed by atoms with van der Waals surface area (Å²) in [6.45, 7) is 0. The van der Waals surface area contributed by atoms with Crippen LogP contribution in [0.25, 0.3) is 10.8 Å². The van der Waals surface area contributed by atoms with E-state index in [-0.39, 0.29) is 0 Å². The third kappa shape index (κ3) is 2.21. The molecule has 0 N–H and O–H groups in total. The lowest BCUT2D eigenvalue weighted by molar-refractivity contribution is 1.20. The molecular weight excluding hydrogens is 204 g/mol. The summed E-state index contributed by atoms with van der Waals surface area (Å²) in [4.78, 5) is 0. The van der Waals surface area contributed by atoms with Gasteiger partial charge in [-0.05, 0) is 34.4 Å². The van der Waals surface area contributed by atoms with Crippen LogP contribution in [-0.4, -0.2) is 0 Å². The van der Waals surface area contributed by atoms with Gasteiger partial charge in [-0.1, -0.05) is 66.7 Å². The summed E-state index contributed by atoms with van der Waals surface area (Å²) < 4.78 is 0. The van der Waals surface area contributed by atoms with Gasteiger partial charge in [0, 0.05) is 0 Å². The quantitative estimate of drug-likeness (QED) is 0.602. The standard InChI is InChI=1S/C17H13/c1-2-6-14(7-3-1)12-15-10-11-16-8-4-5-9-17(16)13-15/h2-11,13H,12H2. The van der Waals surface area contributed by atoms with E-state index >= 15 is 0 Å². The van der Waals surface area contributed by atoms with E-state index in [0.29, 0.717) is 0 Å². The Morgan fingerprint density at radius 3 is 2.29 bits per heavy atom. The van der Waals surface area contributed by atoms with Crippen molar-refractivity contribution in [2.24, 2.45) is 0 Å². The van der Waals surface area contributed by atoms with Gasteiger partial charge >= 0.3 is 0 Å². The lowest BCUT2D eigenvalue weighted by Gasteiger charge is -2.04. The van der Waals surface area contributed by atoms with E-state index in [1.165, 1.54) is 21.9 Å². The fraction of sp³-hybridized carbons (Fsp3) is 0.0588. The van der Waals surface area contributed by atoms with Crippen molar-refractivity contribution in [3.05, 3.63) is 83.9 Å². The Kier molecular flexibility index (Phi) is 2.63. The Hall–Kier alpha value is -2.08. The lowest BCUT2D eigenvalue weighted by Crippen LogP contribution is -1.87. The van der Waals surface area contributed by atoms with Gasteiger partial charge in [0.05, 0.1) is 0 Å². The molecule has 0 fully saturated rings. The fourth-order valence-electron chi connectivity index (χ4n) is 2.12. The van der Waals surface area contributed by atoms with Gasteiger partial charge in [0.2, 0.25) is 0 Å². The van der Waals surface area contributed by atoms with Crippen LogP contribution in [-0.2, 0) is 6.42 Å². The van der Waals surface area contributed by atoms with Gasteiger partial charge in [-0.3, -0.25) is 0 Å². The lowest BCUT2D eigenvalue weighted by atomic mass is 10.0. The minimum absolute atomic E-state index is 0.986. The first-order valence-electron chi connectivity index (χ1n) is 5.84. The molecule has 0 heterocycles. The molecule has 0 atom stereocenters. The van der Waals surface area contributed by atoms with Crippen LogP contribution in [0.15, 0.2) is 66.7 Å². The first-order valence-corrected chi connectivity index (χ1v) is 5.84. The summed E-state index contributed by atoms with van der Waals surface area (Å²) >= 11 is 0. The third-order valence-electron chi connectivity index (χ3n) is 3.01. The van der Waals surface area contributed by atoms with Crippen molar-refractivity contribution in [1.29, 1.82) is 0 Å². The van der Waals surface area contributed by atoms with E-state index in [9.17, 15) is 0 Å². The van der Waals surface area contributed by atoms with Crippen LogP contribution in [0.1, 0.15) is 11.1 Å². The predicted molar refractivity (Wildman–Crippen MR) is 72.0 cm³/mol. The number of hydrogen-bond acceptors (Lipinski definition) is 0. The average Bonchev–Trinajstić information content (AvgIpc) is 2.40. The zero-order chi connectivity index (χ0) is 11.5. The summed E-state index contributed by atoms with van der Waals surface area (Å²) in [5, 5.41) is 2.62. The molecule has 0 unspecified atom stereocenters. The van der Waals surface area contributed by atoms with Gasteiger partial charge in [-0.15, -0.1) is 0 Å². The molecular formula is C17H13. The Bertz CT molecular complexity index is 624. The highest BCUT2D eigenvalue weighted by atomic mass is 14.0. The first kappa shape index (κ1) is 10.1. The van der Waals surface area contributed by atoms with Crippen LogP contribution in [0, 0.1) is 6.07 Å². The molecule has 0 bridgehead atoms. The highest BCUT2D eigenvalue weighted by Crippen LogP contribution is 2.17. The van der Waals surface area contributed by atoms with Crippen LogP contribution in [0.4, 0.5) is 0 Å². The third-order valence-corrected chi connectivity index (χ3v) is 3.01. The largest absolute Gasteiger partial charge is 0.0616 e. The molecule has 0 aliphatic rings. The van der Waals surface area contributed by atoms with Crippen LogP contribution >= 0.6 is 0 Å². The number of hydrogen-bond donors (Lipinski definition) is 0. The molecule has 17 heavy (non-hydrogen) atoms. The molecule has 3 rings (SSSR count). The minimum Gasteiger partial charge on any atom is -0.0616 e. The second kappa shape index (κ2) is 4.42. The smallest absolute Gasteiger partial charge is 0.00255 e. The van der Waals surface area contributed by atoms with Crippen molar-refractivity contribution in [3.8, 4) is 0 Å². The fourth-order valence-corrected chi connectivity index (χ4v) is 2.12. The first-order chi connectivity index (χ1) is 8.42. The molecule has 0 heteroatoms. The maximum absolute atomic E-state index is 3.05. The SMILES string of the molecule is [c]1ccc(Cc2ccc3ccccc3c2)cc1. The molecule has 1 radical (unpaired) electrons. The Morgan fingerprint density at radius 2 is 1.47 bits per heavy atom. The van der Waals surface area contributed by atoms with Gasteiger partial charge in [-0.25, -0.2) is 0 Å². The van der Waals surface area contributed by atoms with E-state index in [4.69, 9.17) is 0 Å². The summed E-state index contributed by atoms with van der Waals surface area (Å²) in [7, 11) is 0. The van der Waals surface area contributed by atoms with Gasteiger partial charge < -0.3 is 0 Å². The molecule has 0 aliphatic carbocycles. The minimum atomic E-state index is 0.986. The molecule has 0 nitrogen and oxygen atoms in total. The van der Waals surface area contributed by atoms with Crippen molar-refractivity contribution < 1.29 is 0 Å². The normalized spacial score (nSPS) is 10.6. The second-order valence-corrected chi connectivity index (χ2v) is 4.27. The van der Waals surface area contributed by atoms with E-state index < -0.39 is 0 Å². The molecule has 81 valence electrons. The van der Waals surface area contributed by atoms with Gasteiger partial charge in [0.15, 0.2) is 0 Å². The van der Waals surface area contributed by atoms with Crippen molar-refractivity contribution in [2.45, 2.75) is 6.42 Å². The Balaban J connectivity index is 1.96. The van der Waals surface area contributed by atoms with E-state index in [1.807, 2.05) is 12.1 Å². The van der Waals surface area contributed by atoms with Gasteiger partial charge in [0.1, 0.15) is 0 Å². The zero-order valence-corrected chi connectivity index (χ0v) is 9.56. The average molecular weight is 217 g/mol. The topological polar surface area (TPSA) is 0 Å². The molecule has 0 aromatic heterocycles. The number of fused-ring (bicyclic) bond motifs is 1. The molecule has 0 saturated heterocycles. The van der Waals surface area contributed by atoms with Crippen molar-refractivity contribution >= 4 is 10.8 Å². The Labute approximate surface area is 102 Å². The van der Waals surface area contributed by atoms with Crippen LogP contribution in [0.5, 0.6) is 0 Å². The molecule has 0 aliphatic heterocycles. The zero-order valence-electron chi connectivity index (χ0n) is 9.56. The second-order valence-electron chi connectivity index (χ2n) is 4.27. The van der Waals surface area contributed by atoms with E-state index in [0.717, 1.165) is 6.42 Å². The summed E-state index contributed by atoms with van der Waals surface area (Å²) in [5.41, 5.74) is 2.69. The number of rotatable bonds is 2. The molecule has 3 aromatic carbocycles. The van der Waals surface area contributed by atoms with E-state index in [2.05, 4.69) is 60.7 Å². The van der Waals surface area contributed by atoms with Gasteiger partial charge in [0.25, 0.3) is 0 Å². The molecule has 3 aromatic rings. The van der Waals surface area contributed by atoms with Crippen molar-refractivity contribution in [3.63, 3.8) is 0 Å². The van der Waals surface area contributed by atoms with Crippen LogP contribution in [0.2, 0.25) is 0 Å². The number of benzene rings is 3. The highest BCUT2D eigenvalue weighted by molar-refractivity contribution is 5.83. The predicted octanol–water partition coefficient (Wildman–Crippen LogP) is 4.23. The van der Waals surface area contributed by atoms with Crippen molar-refractivity contribution in [1.82, 2.24) is 0 Å². The van der Waals surface area contributed by atoms with Crippen molar-refractivity contribution in [2.75, 3.05) is 0 Å². The monoisotopic (exact) mass is 217 g/mol. The van der Waals surface area contributed by atoms with Crippen LogP contribution < -0.4 is 0 Å². The Morgan fingerprint density at radius 1 is 0.706 bits per heavy atom. The van der Waals surface area contributed by atoms with Crippen LogP contribution in [0.3, 0.4) is 0 Å². The maximum atomic E-state index is 3.05. The summed E-state index contributed by atoms with van der Waals surface area (Å²) in [6.07, 6.45) is 0.986. The van der Waals surface area contributed by atoms with Gasteiger partial charge in [-0.2, -0.15) is 0 Å². The molecule has 0 spiro atoms. The highest BCUT2D eigenvalue weighted by Gasteiger charge is 1.97. The van der Waals surface area contributed by atoms with E-state index in [1.54, 1.807) is 0 Å². The maximum Gasteiger partial charge on any atom is -0.00255 e. The molecule has 0 amide bonds.